The lowest BCUT2D eigenvalue weighted by molar-refractivity contribution is 0.302. The van der Waals surface area contributed by atoms with Crippen LogP contribution in [0.15, 0.2) is 66.9 Å². The van der Waals surface area contributed by atoms with E-state index in [2.05, 4.69) is 20.5 Å². The molecular formula is C21H17ClN4O2S. The third kappa shape index (κ3) is 4.82. The summed E-state index contributed by atoms with van der Waals surface area (Å²) in [7, 11) is 1.63. The number of aromatic nitrogens is 3. The van der Waals surface area contributed by atoms with Gasteiger partial charge in [0.05, 0.1) is 18.4 Å². The summed E-state index contributed by atoms with van der Waals surface area (Å²) in [4.78, 5) is 4.29. The summed E-state index contributed by atoms with van der Waals surface area (Å²) in [6.07, 6.45) is 1.74. The summed E-state index contributed by atoms with van der Waals surface area (Å²) in [6, 6.07) is 18.7. The number of anilines is 2. The van der Waals surface area contributed by atoms with Crippen LogP contribution in [0.2, 0.25) is 5.02 Å². The van der Waals surface area contributed by atoms with Crippen molar-refractivity contribution in [2.75, 3.05) is 12.4 Å². The second-order valence-electron chi connectivity index (χ2n) is 6.02. The lowest BCUT2D eigenvalue weighted by atomic mass is 10.2. The van der Waals surface area contributed by atoms with Crippen molar-refractivity contribution in [3.63, 3.8) is 0 Å². The number of nitrogens with one attached hydrogen (secondary N) is 1. The monoisotopic (exact) mass is 424 g/mol. The van der Waals surface area contributed by atoms with Crippen LogP contribution < -0.4 is 14.8 Å². The van der Waals surface area contributed by atoms with E-state index in [1.54, 1.807) is 13.3 Å². The Kier molecular flexibility index (Phi) is 5.88. The van der Waals surface area contributed by atoms with Crippen molar-refractivity contribution in [1.82, 2.24) is 15.2 Å². The number of halogens is 1. The number of benzene rings is 2. The second kappa shape index (κ2) is 8.89. The Morgan fingerprint density at radius 2 is 1.90 bits per heavy atom. The summed E-state index contributed by atoms with van der Waals surface area (Å²) < 4.78 is 11.4. The molecule has 6 nitrogen and oxygen atoms in total. The number of hydrogen-bond donors (Lipinski definition) is 1. The van der Waals surface area contributed by atoms with Crippen molar-refractivity contribution < 1.29 is 9.47 Å². The summed E-state index contributed by atoms with van der Waals surface area (Å²) in [5.41, 5.74) is 2.54. The van der Waals surface area contributed by atoms with Crippen molar-refractivity contribution >= 4 is 33.8 Å². The smallest absolute Gasteiger partial charge is 0.210 e. The SMILES string of the molecule is COc1ccc(OCc2ccccn2)c(-c2nnc(Nc3ccc(Cl)cc3)s2)c1. The molecule has 0 saturated heterocycles. The third-order valence-corrected chi connectivity index (χ3v) is 5.16. The Bertz CT molecular complexity index is 1090. The minimum Gasteiger partial charge on any atom is -0.497 e. The topological polar surface area (TPSA) is 69.2 Å². The predicted molar refractivity (Wildman–Crippen MR) is 115 cm³/mol. The van der Waals surface area contributed by atoms with Crippen LogP contribution in [0.25, 0.3) is 10.6 Å². The molecule has 0 aliphatic carbocycles. The number of methoxy groups -OCH3 is 1. The van der Waals surface area contributed by atoms with E-state index in [0.717, 1.165) is 22.0 Å². The summed E-state index contributed by atoms with van der Waals surface area (Å²) in [6.45, 7) is 0.356. The minimum absolute atomic E-state index is 0.356. The average Bonchev–Trinajstić information content (AvgIpc) is 3.23. The van der Waals surface area contributed by atoms with Crippen LogP contribution in [-0.4, -0.2) is 22.3 Å². The van der Waals surface area contributed by atoms with Gasteiger partial charge in [-0.2, -0.15) is 0 Å². The van der Waals surface area contributed by atoms with E-state index in [-0.39, 0.29) is 0 Å². The summed E-state index contributed by atoms with van der Waals surface area (Å²) >= 11 is 7.36. The molecular weight excluding hydrogens is 408 g/mol. The highest BCUT2D eigenvalue weighted by atomic mass is 35.5. The molecule has 4 aromatic rings. The molecule has 0 spiro atoms. The van der Waals surface area contributed by atoms with E-state index in [0.29, 0.717) is 28.3 Å². The Morgan fingerprint density at radius 3 is 2.66 bits per heavy atom. The minimum atomic E-state index is 0.356. The van der Waals surface area contributed by atoms with Crippen LogP contribution >= 0.6 is 22.9 Å². The van der Waals surface area contributed by atoms with Gasteiger partial charge in [-0.15, -0.1) is 10.2 Å². The molecule has 0 atom stereocenters. The summed E-state index contributed by atoms with van der Waals surface area (Å²) in [5.74, 6) is 1.40. The maximum atomic E-state index is 6.00. The highest BCUT2D eigenvalue weighted by Gasteiger charge is 2.14. The molecule has 2 aromatic heterocycles. The number of pyridine rings is 1. The van der Waals surface area contributed by atoms with Gasteiger partial charge in [0, 0.05) is 16.9 Å². The van der Waals surface area contributed by atoms with Crippen molar-refractivity contribution in [1.29, 1.82) is 0 Å². The van der Waals surface area contributed by atoms with Gasteiger partial charge >= 0.3 is 0 Å². The Labute approximate surface area is 177 Å². The van der Waals surface area contributed by atoms with Crippen molar-refractivity contribution in [3.05, 3.63) is 77.6 Å². The summed E-state index contributed by atoms with van der Waals surface area (Å²) in [5, 5.41) is 13.9. The van der Waals surface area contributed by atoms with Crippen LogP contribution in [0.1, 0.15) is 5.69 Å². The highest BCUT2D eigenvalue weighted by Crippen LogP contribution is 2.37. The maximum absolute atomic E-state index is 6.00. The van der Waals surface area contributed by atoms with E-state index in [9.17, 15) is 0 Å². The van der Waals surface area contributed by atoms with Gasteiger partial charge in [0.25, 0.3) is 0 Å². The molecule has 1 N–H and O–H groups in total. The molecule has 2 aromatic carbocycles. The van der Waals surface area contributed by atoms with Crippen LogP contribution in [0.3, 0.4) is 0 Å². The molecule has 0 aliphatic rings. The molecule has 0 radical (unpaired) electrons. The first-order valence-corrected chi connectivity index (χ1v) is 9.98. The standard InChI is InChI=1S/C21H17ClN4O2S/c1-27-17-9-10-19(28-13-16-4-2-3-11-23-16)18(12-17)20-25-26-21(29-20)24-15-7-5-14(22)6-8-15/h2-12H,13H2,1H3,(H,24,26). The molecule has 0 unspecified atom stereocenters. The van der Waals surface area contributed by atoms with Crippen molar-refractivity contribution in [3.8, 4) is 22.1 Å². The molecule has 0 aliphatic heterocycles. The van der Waals surface area contributed by atoms with Gasteiger partial charge in [-0.1, -0.05) is 29.0 Å². The van der Waals surface area contributed by atoms with Crippen molar-refractivity contribution in [2.24, 2.45) is 0 Å². The molecule has 29 heavy (non-hydrogen) atoms. The fourth-order valence-electron chi connectivity index (χ4n) is 2.60. The average molecular weight is 425 g/mol. The van der Waals surface area contributed by atoms with Crippen LogP contribution in [-0.2, 0) is 6.61 Å². The highest BCUT2D eigenvalue weighted by molar-refractivity contribution is 7.18. The van der Waals surface area contributed by atoms with Gasteiger partial charge in [0.15, 0.2) is 5.01 Å². The van der Waals surface area contributed by atoms with Gasteiger partial charge in [0.1, 0.15) is 18.1 Å². The van der Waals surface area contributed by atoms with Crippen molar-refractivity contribution in [2.45, 2.75) is 6.61 Å². The van der Waals surface area contributed by atoms with Crippen LogP contribution in [0.5, 0.6) is 11.5 Å². The second-order valence-corrected chi connectivity index (χ2v) is 7.43. The van der Waals surface area contributed by atoms with Gasteiger partial charge in [0.2, 0.25) is 5.13 Å². The fourth-order valence-corrected chi connectivity index (χ4v) is 3.51. The molecule has 146 valence electrons. The lowest BCUT2D eigenvalue weighted by Gasteiger charge is -2.11. The van der Waals surface area contributed by atoms with Gasteiger partial charge in [-0.3, -0.25) is 4.98 Å². The zero-order valence-corrected chi connectivity index (χ0v) is 17.1. The Hall–Kier alpha value is -3.16. The number of nitrogens with zero attached hydrogens (tertiary/aromatic N) is 3. The van der Waals surface area contributed by atoms with E-state index in [4.69, 9.17) is 21.1 Å². The molecule has 0 amide bonds. The van der Waals surface area contributed by atoms with E-state index < -0.39 is 0 Å². The quantitative estimate of drug-likeness (QED) is 0.417. The predicted octanol–water partition coefficient (Wildman–Crippen LogP) is 5.58. The van der Waals surface area contributed by atoms with Gasteiger partial charge in [-0.25, -0.2) is 0 Å². The molecule has 2 heterocycles. The molecule has 4 rings (SSSR count). The first-order chi connectivity index (χ1) is 14.2. The third-order valence-electron chi connectivity index (χ3n) is 4.04. The van der Waals surface area contributed by atoms with Gasteiger partial charge in [-0.05, 0) is 54.6 Å². The molecule has 0 fully saturated rings. The van der Waals surface area contributed by atoms with E-state index in [1.807, 2.05) is 60.7 Å². The zero-order chi connectivity index (χ0) is 20.1. The molecule has 8 heteroatoms. The number of hydrogen-bond acceptors (Lipinski definition) is 7. The Morgan fingerprint density at radius 1 is 1.03 bits per heavy atom. The number of ether oxygens (including phenoxy) is 2. The fraction of sp³-hybridized carbons (Fsp3) is 0.0952. The first kappa shape index (κ1) is 19.2. The van der Waals surface area contributed by atoms with Crippen LogP contribution in [0, 0.1) is 0 Å². The molecule has 0 saturated carbocycles. The van der Waals surface area contributed by atoms with Gasteiger partial charge < -0.3 is 14.8 Å². The lowest BCUT2D eigenvalue weighted by Crippen LogP contribution is -1.99. The first-order valence-electron chi connectivity index (χ1n) is 8.78. The zero-order valence-electron chi connectivity index (χ0n) is 15.5. The normalized spacial score (nSPS) is 10.6. The van der Waals surface area contributed by atoms with E-state index >= 15 is 0 Å². The van der Waals surface area contributed by atoms with Crippen LogP contribution in [0.4, 0.5) is 10.8 Å². The Balaban J connectivity index is 1.57. The largest absolute Gasteiger partial charge is 0.497 e. The number of rotatable bonds is 7. The van der Waals surface area contributed by atoms with E-state index in [1.165, 1.54) is 11.3 Å². The maximum Gasteiger partial charge on any atom is 0.210 e. The molecule has 0 bridgehead atoms.